The SMILES string of the molecule is NCCNC(=O)CS(=O)C1CCCCC1. The Balaban J connectivity index is 2.24. The van der Waals surface area contributed by atoms with Crippen molar-refractivity contribution in [3.8, 4) is 0 Å². The predicted octanol–water partition coefficient (Wildman–Crippen LogP) is 0.143. The van der Waals surface area contributed by atoms with Crippen molar-refractivity contribution in [2.24, 2.45) is 5.73 Å². The molecule has 0 aromatic carbocycles. The Hall–Kier alpha value is -0.420. The number of carbonyl (C=O) groups is 1. The molecule has 5 heteroatoms. The molecule has 1 unspecified atom stereocenters. The predicted molar refractivity (Wildman–Crippen MR) is 61.9 cm³/mol. The lowest BCUT2D eigenvalue weighted by Crippen LogP contribution is -2.35. The van der Waals surface area contributed by atoms with Gasteiger partial charge >= 0.3 is 0 Å². The van der Waals surface area contributed by atoms with Crippen LogP contribution < -0.4 is 11.1 Å². The molecule has 3 N–H and O–H groups in total. The van der Waals surface area contributed by atoms with Crippen LogP contribution in [0.4, 0.5) is 0 Å². The lowest BCUT2D eigenvalue weighted by Gasteiger charge is -2.20. The summed E-state index contributed by atoms with van der Waals surface area (Å²) in [6.45, 7) is 0.905. The van der Waals surface area contributed by atoms with Gasteiger partial charge < -0.3 is 11.1 Å². The van der Waals surface area contributed by atoms with Gasteiger partial charge in [-0.1, -0.05) is 19.3 Å². The molecule has 0 bridgehead atoms. The largest absolute Gasteiger partial charge is 0.354 e. The van der Waals surface area contributed by atoms with Crippen molar-refractivity contribution in [3.63, 3.8) is 0 Å². The van der Waals surface area contributed by atoms with Crippen molar-refractivity contribution in [1.82, 2.24) is 5.32 Å². The van der Waals surface area contributed by atoms with Crippen LogP contribution in [0.15, 0.2) is 0 Å². The van der Waals surface area contributed by atoms with Crippen LogP contribution in [0.1, 0.15) is 32.1 Å². The zero-order valence-electron chi connectivity index (χ0n) is 9.04. The molecule has 0 saturated heterocycles. The average molecular weight is 232 g/mol. The van der Waals surface area contributed by atoms with Crippen LogP contribution in [0.2, 0.25) is 0 Å². The second-order valence-electron chi connectivity index (χ2n) is 3.92. The van der Waals surface area contributed by atoms with E-state index in [0.29, 0.717) is 13.1 Å². The van der Waals surface area contributed by atoms with E-state index in [1.165, 1.54) is 6.42 Å². The third-order valence-corrected chi connectivity index (χ3v) is 4.43. The molecule has 1 amide bonds. The molecule has 1 aliphatic rings. The third-order valence-electron chi connectivity index (χ3n) is 2.66. The standard InChI is InChI=1S/C10H20N2O2S/c11-6-7-12-10(13)8-15(14)9-4-2-1-3-5-9/h9H,1-8,11H2,(H,12,13). The fourth-order valence-corrected chi connectivity index (χ4v) is 3.29. The summed E-state index contributed by atoms with van der Waals surface area (Å²) < 4.78 is 11.8. The molecule has 0 aliphatic heterocycles. The van der Waals surface area contributed by atoms with Gasteiger partial charge in [0.05, 0.1) is 0 Å². The Morgan fingerprint density at radius 1 is 1.33 bits per heavy atom. The first-order valence-corrected chi connectivity index (χ1v) is 6.96. The minimum Gasteiger partial charge on any atom is -0.354 e. The van der Waals surface area contributed by atoms with Crippen molar-refractivity contribution >= 4 is 16.7 Å². The van der Waals surface area contributed by atoms with Crippen molar-refractivity contribution in [1.29, 1.82) is 0 Å². The van der Waals surface area contributed by atoms with Gasteiger partial charge in [0, 0.05) is 29.1 Å². The number of hydrogen-bond acceptors (Lipinski definition) is 3. The van der Waals surface area contributed by atoms with Gasteiger partial charge in [0.25, 0.3) is 0 Å². The Labute approximate surface area is 93.4 Å². The average Bonchev–Trinajstić information content (AvgIpc) is 2.27. The van der Waals surface area contributed by atoms with Crippen LogP contribution in [0.25, 0.3) is 0 Å². The van der Waals surface area contributed by atoms with Crippen molar-refractivity contribution in [3.05, 3.63) is 0 Å². The van der Waals surface area contributed by atoms with Gasteiger partial charge in [-0.05, 0) is 12.8 Å². The van der Waals surface area contributed by atoms with Crippen molar-refractivity contribution in [2.45, 2.75) is 37.4 Å². The number of carbonyl (C=O) groups excluding carboxylic acids is 1. The molecule has 0 aromatic rings. The summed E-state index contributed by atoms with van der Waals surface area (Å²) in [4.78, 5) is 11.3. The first-order chi connectivity index (χ1) is 7.24. The zero-order chi connectivity index (χ0) is 11.1. The van der Waals surface area contributed by atoms with E-state index in [1.807, 2.05) is 0 Å². The van der Waals surface area contributed by atoms with E-state index < -0.39 is 10.8 Å². The molecule has 1 fully saturated rings. The molecule has 0 heterocycles. The molecule has 1 saturated carbocycles. The summed E-state index contributed by atoms with van der Waals surface area (Å²) >= 11 is 0. The van der Waals surface area contributed by atoms with E-state index in [-0.39, 0.29) is 16.9 Å². The number of amides is 1. The van der Waals surface area contributed by atoms with Gasteiger partial charge in [0.1, 0.15) is 5.75 Å². The van der Waals surface area contributed by atoms with Gasteiger partial charge in [0.15, 0.2) is 0 Å². The van der Waals surface area contributed by atoms with Gasteiger partial charge in [0.2, 0.25) is 5.91 Å². The summed E-state index contributed by atoms with van der Waals surface area (Å²) in [7, 11) is -0.993. The normalized spacial score (nSPS) is 19.8. The summed E-state index contributed by atoms with van der Waals surface area (Å²) in [5.74, 6) is 0.00866. The first kappa shape index (κ1) is 12.6. The van der Waals surface area contributed by atoms with Crippen molar-refractivity contribution in [2.75, 3.05) is 18.8 Å². The van der Waals surface area contributed by atoms with Crippen molar-refractivity contribution < 1.29 is 9.00 Å². The van der Waals surface area contributed by atoms with Crippen LogP contribution in [0.5, 0.6) is 0 Å². The zero-order valence-corrected chi connectivity index (χ0v) is 9.85. The van der Waals surface area contributed by atoms with E-state index in [2.05, 4.69) is 5.32 Å². The fraction of sp³-hybridized carbons (Fsp3) is 0.900. The third kappa shape index (κ3) is 4.75. The maximum absolute atomic E-state index is 11.8. The highest BCUT2D eigenvalue weighted by Crippen LogP contribution is 2.21. The van der Waals surface area contributed by atoms with E-state index in [0.717, 1.165) is 25.7 Å². The van der Waals surface area contributed by atoms with Gasteiger partial charge in [-0.3, -0.25) is 9.00 Å². The molecule has 0 aromatic heterocycles. The second-order valence-corrected chi connectivity index (χ2v) is 5.64. The lowest BCUT2D eigenvalue weighted by molar-refractivity contribution is -0.118. The minimum absolute atomic E-state index is 0.135. The molecule has 1 rings (SSSR count). The number of hydrogen-bond donors (Lipinski definition) is 2. The maximum Gasteiger partial charge on any atom is 0.232 e. The molecular formula is C10H20N2O2S. The van der Waals surface area contributed by atoms with Crippen LogP contribution >= 0.6 is 0 Å². The quantitative estimate of drug-likeness (QED) is 0.708. The Morgan fingerprint density at radius 3 is 2.60 bits per heavy atom. The van der Waals surface area contributed by atoms with E-state index in [9.17, 15) is 9.00 Å². The van der Waals surface area contributed by atoms with E-state index in [4.69, 9.17) is 5.73 Å². The maximum atomic E-state index is 11.8. The molecule has 0 radical (unpaired) electrons. The summed E-state index contributed by atoms with van der Waals surface area (Å²) in [5, 5.41) is 2.88. The minimum atomic E-state index is -0.993. The number of rotatable bonds is 5. The molecule has 88 valence electrons. The van der Waals surface area contributed by atoms with Gasteiger partial charge in [-0.2, -0.15) is 0 Å². The number of nitrogens with two attached hydrogens (primary N) is 1. The second kappa shape index (κ2) is 6.95. The monoisotopic (exact) mass is 232 g/mol. The molecule has 1 atom stereocenters. The highest BCUT2D eigenvalue weighted by molar-refractivity contribution is 7.86. The molecule has 0 spiro atoms. The summed E-state index contributed by atoms with van der Waals surface area (Å²) in [5.41, 5.74) is 5.26. The van der Waals surface area contributed by atoms with Crippen LogP contribution in [0.3, 0.4) is 0 Å². The molecule has 1 aliphatic carbocycles. The topological polar surface area (TPSA) is 72.2 Å². The van der Waals surface area contributed by atoms with Crippen LogP contribution in [-0.2, 0) is 15.6 Å². The van der Waals surface area contributed by atoms with Crippen LogP contribution in [0, 0.1) is 0 Å². The summed E-state index contributed by atoms with van der Waals surface area (Å²) in [6, 6.07) is 0. The smallest absolute Gasteiger partial charge is 0.232 e. The van der Waals surface area contributed by atoms with E-state index >= 15 is 0 Å². The van der Waals surface area contributed by atoms with E-state index in [1.54, 1.807) is 0 Å². The highest BCUT2D eigenvalue weighted by atomic mass is 32.2. The fourth-order valence-electron chi connectivity index (χ4n) is 1.84. The first-order valence-electron chi connectivity index (χ1n) is 5.58. The summed E-state index contributed by atoms with van der Waals surface area (Å²) in [6.07, 6.45) is 5.57. The van der Waals surface area contributed by atoms with Gasteiger partial charge in [-0.15, -0.1) is 0 Å². The van der Waals surface area contributed by atoms with Gasteiger partial charge in [-0.25, -0.2) is 0 Å². The molecule has 15 heavy (non-hydrogen) atoms. The Morgan fingerprint density at radius 2 is 2.00 bits per heavy atom. The Bertz CT molecular complexity index is 227. The highest BCUT2D eigenvalue weighted by Gasteiger charge is 2.21. The molecular weight excluding hydrogens is 212 g/mol. The number of nitrogens with one attached hydrogen (secondary N) is 1. The van der Waals surface area contributed by atoms with Crippen LogP contribution in [-0.4, -0.2) is 34.2 Å². The lowest BCUT2D eigenvalue weighted by atomic mass is 10.0. The molecule has 4 nitrogen and oxygen atoms in total. The Kier molecular flexibility index (Phi) is 5.86.